The van der Waals surface area contributed by atoms with Crippen LogP contribution in [-0.4, -0.2) is 19.2 Å². The number of nitrogens with zero attached hydrogens (tertiary/aromatic N) is 2. The van der Waals surface area contributed by atoms with Crippen molar-refractivity contribution in [2.24, 2.45) is 0 Å². The Bertz CT molecular complexity index is 998. The molecule has 3 aromatic rings. The smallest absolute Gasteiger partial charge is 0.161 e. The highest BCUT2D eigenvalue weighted by molar-refractivity contribution is 7.11. The van der Waals surface area contributed by atoms with Crippen molar-refractivity contribution in [2.45, 2.75) is 13.3 Å². The molecule has 0 bridgehead atoms. The van der Waals surface area contributed by atoms with Gasteiger partial charge in [-0.25, -0.2) is 4.98 Å². The molecule has 0 aliphatic carbocycles. The van der Waals surface area contributed by atoms with Gasteiger partial charge >= 0.3 is 0 Å². The summed E-state index contributed by atoms with van der Waals surface area (Å²) in [5, 5.41) is 12.2. The van der Waals surface area contributed by atoms with Gasteiger partial charge in [-0.15, -0.1) is 11.3 Å². The van der Waals surface area contributed by atoms with Gasteiger partial charge in [-0.2, -0.15) is 5.26 Å². The number of hydrogen-bond donors (Lipinski definition) is 0. The summed E-state index contributed by atoms with van der Waals surface area (Å²) in [6, 6.07) is 16.1. The average molecular weight is 376 g/mol. The highest BCUT2D eigenvalue weighted by atomic mass is 32.1. The Morgan fingerprint density at radius 1 is 1.11 bits per heavy atom. The van der Waals surface area contributed by atoms with Gasteiger partial charge in [-0.05, 0) is 41.8 Å². The fourth-order valence-corrected chi connectivity index (χ4v) is 3.48. The van der Waals surface area contributed by atoms with Gasteiger partial charge < -0.3 is 9.47 Å². The first-order chi connectivity index (χ1) is 13.2. The second-order valence-corrected chi connectivity index (χ2v) is 6.73. The average Bonchev–Trinajstić information content (AvgIpc) is 3.21. The Balaban J connectivity index is 1.91. The summed E-state index contributed by atoms with van der Waals surface area (Å²) in [6.07, 6.45) is 2.87. The molecular formula is C22H20N2O2S. The van der Waals surface area contributed by atoms with E-state index in [9.17, 15) is 5.26 Å². The molecule has 0 N–H and O–H groups in total. The predicted molar refractivity (Wildman–Crippen MR) is 110 cm³/mol. The van der Waals surface area contributed by atoms with E-state index in [1.54, 1.807) is 14.2 Å². The molecule has 4 nitrogen and oxygen atoms in total. The van der Waals surface area contributed by atoms with Crippen LogP contribution in [0.4, 0.5) is 0 Å². The normalized spacial score (nSPS) is 11.1. The van der Waals surface area contributed by atoms with E-state index in [1.165, 1.54) is 16.9 Å². The lowest BCUT2D eigenvalue weighted by Gasteiger charge is -2.08. The van der Waals surface area contributed by atoms with E-state index >= 15 is 0 Å². The van der Waals surface area contributed by atoms with Crippen LogP contribution < -0.4 is 9.47 Å². The number of ether oxygens (including phenoxy) is 2. The van der Waals surface area contributed by atoms with Gasteiger partial charge in [0.1, 0.15) is 11.1 Å². The van der Waals surface area contributed by atoms with E-state index in [-0.39, 0.29) is 0 Å². The summed E-state index contributed by atoms with van der Waals surface area (Å²) < 4.78 is 10.6. The topological polar surface area (TPSA) is 55.1 Å². The van der Waals surface area contributed by atoms with Crippen molar-refractivity contribution < 1.29 is 9.47 Å². The van der Waals surface area contributed by atoms with Gasteiger partial charge in [0.25, 0.3) is 0 Å². The summed E-state index contributed by atoms with van der Waals surface area (Å²) in [5.41, 5.74) is 4.54. The summed E-state index contributed by atoms with van der Waals surface area (Å²) >= 11 is 1.45. The van der Waals surface area contributed by atoms with Crippen LogP contribution in [0, 0.1) is 11.3 Å². The van der Waals surface area contributed by atoms with Gasteiger partial charge in [0.05, 0.1) is 25.5 Å². The number of hydrogen-bond acceptors (Lipinski definition) is 5. The van der Waals surface area contributed by atoms with Crippen LogP contribution in [0.5, 0.6) is 11.5 Å². The van der Waals surface area contributed by atoms with Gasteiger partial charge in [0, 0.05) is 10.9 Å². The molecular weight excluding hydrogens is 356 g/mol. The van der Waals surface area contributed by atoms with Gasteiger partial charge in [0.15, 0.2) is 11.5 Å². The maximum atomic E-state index is 9.58. The number of allylic oxidation sites excluding steroid dienone is 1. The van der Waals surface area contributed by atoms with E-state index in [0.29, 0.717) is 22.1 Å². The lowest BCUT2D eigenvalue weighted by molar-refractivity contribution is 0.355. The minimum atomic E-state index is 0.552. The fraction of sp³-hybridized carbons (Fsp3) is 0.182. The molecule has 0 spiro atoms. The summed E-state index contributed by atoms with van der Waals surface area (Å²) in [4.78, 5) is 4.64. The Labute approximate surface area is 163 Å². The van der Waals surface area contributed by atoms with Crippen LogP contribution in [0.1, 0.15) is 23.1 Å². The lowest BCUT2D eigenvalue weighted by atomic mass is 10.1. The maximum absolute atomic E-state index is 9.58. The molecule has 0 fully saturated rings. The zero-order chi connectivity index (χ0) is 19.2. The quantitative estimate of drug-likeness (QED) is 0.537. The molecule has 0 atom stereocenters. The molecule has 0 unspecified atom stereocenters. The van der Waals surface area contributed by atoms with Crippen molar-refractivity contribution in [3.05, 3.63) is 64.0 Å². The summed E-state index contributed by atoms with van der Waals surface area (Å²) in [5.74, 6) is 1.32. The lowest BCUT2D eigenvalue weighted by Crippen LogP contribution is -1.91. The highest BCUT2D eigenvalue weighted by Crippen LogP contribution is 2.33. The Morgan fingerprint density at radius 2 is 1.85 bits per heavy atom. The number of nitriles is 1. The van der Waals surface area contributed by atoms with Crippen LogP contribution in [0.25, 0.3) is 22.9 Å². The molecule has 136 valence electrons. The number of aryl methyl sites for hydroxylation is 1. The summed E-state index contributed by atoms with van der Waals surface area (Å²) in [6.45, 7) is 2.12. The molecule has 1 heterocycles. The molecule has 3 rings (SSSR count). The zero-order valence-electron chi connectivity index (χ0n) is 15.5. The van der Waals surface area contributed by atoms with E-state index < -0.39 is 0 Å². The Kier molecular flexibility index (Phi) is 5.90. The molecule has 0 aliphatic heterocycles. The minimum Gasteiger partial charge on any atom is -0.493 e. The van der Waals surface area contributed by atoms with E-state index in [1.807, 2.05) is 41.8 Å². The SMILES string of the molecule is CCc1ccc(C=C(C#N)c2nc(-c3ccc(OC)c(OC)c3)cs2)cc1. The fourth-order valence-electron chi connectivity index (χ4n) is 2.68. The number of methoxy groups -OCH3 is 2. The molecule has 0 radical (unpaired) electrons. The predicted octanol–water partition coefficient (Wildman–Crippen LogP) is 5.45. The largest absolute Gasteiger partial charge is 0.493 e. The monoisotopic (exact) mass is 376 g/mol. The van der Waals surface area contributed by atoms with E-state index in [4.69, 9.17) is 9.47 Å². The molecule has 5 heteroatoms. The van der Waals surface area contributed by atoms with Crippen LogP contribution in [0.2, 0.25) is 0 Å². The first kappa shape index (κ1) is 18.7. The molecule has 1 aromatic heterocycles. The molecule has 0 amide bonds. The van der Waals surface area contributed by atoms with Crippen LogP contribution in [0.15, 0.2) is 47.8 Å². The van der Waals surface area contributed by atoms with Crippen molar-refractivity contribution in [3.63, 3.8) is 0 Å². The van der Waals surface area contributed by atoms with Crippen molar-refractivity contribution in [1.29, 1.82) is 5.26 Å². The van der Waals surface area contributed by atoms with Crippen molar-refractivity contribution in [2.75, 3.05) is 14.2 Å². The Morgan fingerprint density at radius 3 is 2.48 bits per heavy atom. The van der Waals surface area contributed by atoms with Gasteiger partial charge in [0.2, 0.25) is 0 Å². The number of aromatic nitrogens is 1. The van der Waals surface area contributed by atoms with Crippen LogP contribution in [-0.2, 0) is 6.42 Å². The zero-order valence-corrected chi connectivity index (χ0v) is 16.3. The van der Waals surface area contributed by atoms with Crippen molar-refractivity contribution in [1.82, 2.24) is 4.98 Å². The maximum Gasteiger partial charge on any atom is 0.161 e. The molecule has 0 saturated heterocycles. The van der Waals surface area contributed by atoms with E-state index in [0.717, 1.165) is 23.2 Å². The molecule has 0 aliphatic rings. The summed E-state index contributed by atoms with van der Waals surface area (Å²) in [7, 11) is 3.21. The third-order valence-corrected chi connectivity index (χ3v) is 5.11. The van der Waals surface area contributed by atoms with Gasteiger partial charge in [-0.1, -0.05) is 31.2 Å². The molecule has 27 heavy (non-hydrogen) atoms. The number of thiazole rings is 1. The molecule has 0 saturated carbocycles. The second kappa shape index (κ2) is 8.52. The molecule has 2 aromatic carbocycles. The van der Waals surface area contributed by atoms with Crippen LogP contribution >= 0.6 is 11.3 Å². The number of benzene rings is 2. The highest BCUT2D eigenvalue weighted by Gasteiger charge is 2.12. The number of rotatable bonds is 6. The minimum absolute atomic E-state index is 0.552. The van der Waals surface area contributed by atoms with Crippen molar-refractivity contribution >= 4 is 23.0 Å². The first-order valence-corrected chi connectivity index (χ1v) is 9.45. The first-order valence-electron chi connectivity index (χ1n) is 8.57. The van der Waals surface area contributed by atoms with Crippen LogP contribution in [0.3, 0.4) is 0 Å². The second-order valence-electron chi connectivity index (χ2n) is 5.87. The standard InChI is InChI=1S/C22H20N2O2S/c1-4-15-5-7-16(8-6-15)11-18(13-23)22-24-19(14-27-22)17-9-10-20(25-2)21(12-17)26-3/h5-12,14H,4H2,1-3H3. The van der Waals surface area contributed by atoms with Gasteiger partial charge in [-0.3, -0.25) is 0 Å². The Hall–Kier alpha value is -3.10. The third kappa shape index (κ3) is 4.18. The van der Waals surface area contributed by atoms with Crippen molar-refractivity contribution in [3.8, 4) is 28.8 Å². The van der Waals surface area contributed by atoms with E-state index in [2.05, 4.69) is 30.1 Å². The third-order valence-electron chi connectivity index (χ3n) is 4.23.